The number of hydrogen-bond donors (Lipinski definition) is 2. The maximum Gasteiger partial charge on any atom is 0.243 e. The van der Waals surface area contributed by atoms with Crippen molar-refractivity contribution in [1.29, 1.82) is 5.26 Å². The smallest absolute Gasteiger partial charge is 0.243 e. The Morgan fingerprint density at radius 3 is 3.11 bits per heavy atom. The van der Waals surface area contributed by atoms with Crippen LogP contribution in [0.5, 0.6) is 5.88 Å². The molecule has 0 amide bonds. The number of nitrogens with zero attached hydrogens (tertiary/aromatic N) is 2. The quantitative estimate of drug-likeness (QED) is 0.754. The second-order valence-corrected chi connectivity index (χ2v) is 5.06. The van der Waals surface area contributed by atoms with Gasteiger partial charge >= 0.3 is 0 Å². The van der Waals surface area contributed by atoms with Crippen LogP contribution in [0.1, 0.15) is 36.4 Å². The summed E-state index contributed by atoms with van der Waals surface area (Å²) in [7, 11) is 0. The highest BCUT2D eigenvalue weighted by molar-refractivity contribution is 5.49. The Morgan fingerprint density at radius 2 is 2.42 bits per heavy atom. The lowest BCUT2D eigenvalue weighted by atomic mass is 9.76. The van der Waals surface area contributed by atoms with Gasteiger partial charge in [0.15, 0.2) is 0 Å². The monoisotopic (exact) mass is 256 g/mol. The van der Waals surface area contributed by atoms with E-state index in [1.165, 1.54) is 0 Å². The molecule has 98 valence electrons. The molecule has 0 saturated heterocycles. The number of fused-ring (bicyclic) bond motifs is 1. The number of aromatic nitrogens is 2. The van der Waals surface area contributed by atoms with Crippen LogP contribution in [0.25, 0.3) is 0 Å². The van der Waals surface area contributed by atoms with E-state index in [0.717, 1.165) is 30.5 Å². The van der Waals surface area contributed by atoms with Gasteiger partial charge in [0, 0.05) is 17.2 Å². The van der Waals surface area contributed by atoms with E-state index < -0.39 is 0 Å². The molecule has 0 saturated carbocycles. The standard InChI is InChI=1S/C14H16N4O/c1-8-11-12(9-5-3-2-4-6-9)10(7-15)13(16)19-14(11)18-17-8/h3,5,9,12H,2,4,6,16H2,1H3,(H,17,18)/t9-,12+/m1/s1. The van der Waals surface area contributed by atoms with E-state index in [0.29, 0.717) is 17.4 Å². The number of aromatic amines is 1. The minimum Gasteiger partial charge on any atom is -0.420 e. The second kappa shape index (κ2) is 4.47. The first kappa shape index (κ1) is 11.8. The van der Waals surface area contributed by atoms with E-state index in [-0.39, 0.29) is 11.8 Å². The first-order chi connectivity index (χ1) is 9.22. The number of hydrogen-bond acceptors (Lipinski definition) is 4. The third-order valence-corrected chi connectivity index (χ3v) is 3.89. The fourth-order valence-corrected chi connectivity index (χ4v) is 2.99. The average molecular weight is 256 g/mol. The van der Waals surface area contributed by atoms with Gasteiger partial charge in [-0.05, 0) is 32.1 Å². The third-order valence-electron chi connectivity index (χ3n) is 3.89. The molecule has 0 radical (unpaired) electrons. The van der Waals surface area contributed by atoms with Crippen LogP contribution < -0.4 is 10.5 Å². The Hall–Kier alpha value is -2.22. The summed E-state index contributed by atoms with van der Waals surface area (Å²) in [6.45, 7) is 1.95. The molecule has 0 bridgehead atoms. The van der Waals surface area contributed by atoms with Crippen LogP contribution >= 0.6 is 0 Å². The predicted molar refractivity (Wildman–Crippen MR) is 70.0 cm³/mol. The van der Waals surface area contributed by atoms with E-state index in [1.807, 2.05) is 6.92 Å². The van der Waals surface area contributed by atoms with Gasteiger partial charge in [0.05, 0.1) is 5.57 Å². The van der Waals surface area contributed by atoms with Crippen molar-refractivity contribution in [1.82, 2.24) is 10.2 Å². The Labute approximate surface area is 111 Å². The van der Waals surface area contributed by atoms with Gasteiger partial charge in [0.1, 0.15) is 6.07 Å². The van der Waals surface area contributed by atoms with Crippen LogP contribution in [-0.4, -0.2) is 10.2 Å². The molecule has 2 heterocycles. The molecule has 1 aromatic heterocycles. The van der Waals surface area contributed by atoms with Gasteiger partial charge < -0.3 is 10.5 Å². The number of ether oxygens (including phenoxy) is 1. The molecular weight excluding hydrogens is 240 g/mol. The first-order valence-corrected chi connectivity index (χ1v) is 6.51. The third kappa shape index (κ3) is 1.80. The summed E-state index contributed by atoms with van der Waals surface area (Å²) in [5, 5.41) is 16.4. The minimum absolute atomic E-state index is 0.0379. The minimum atomic E-state index is -0.0379. The predicted octanol–water partition coefficient (Wildman–Crippen LogP) is 2.24. The van der Waals surface area contributed by atoms with E-state index in [4.69, 9.17) is 10.5 Å². The number of rotatable bonds is 1. The number of H-pyrrole nitrogens is 1. The van der Waals surface area contributed by atoms with Gasteiger partial charge in [0.25, 0.3) is 0 Å². The number of nitrogens with one attached hydrogen (secondary N) is 1. The molecule has 2 atom stereocenters. The lowest BCUT2D eigenvalue weighted by Crippen LogP contribution is -2.25. The van der Waals surface area contributed by atoms with E-state index in [9.17, 15) is 5.26 Å². The van der Waals surface area contributed by atoms with Crippen molar-refractivity contribution in [3.05, 3.63) is 34.9 Å². The molecule has 0 aromatic carbocycles. The molecule has 1 aromatic rings. The van der Waals surface area contributed by atoms with Crippen LogP contribution in [0.3, 0.4) is 0 Å². The van der Waals surface area contributed by atoms with E-state index >= 15 is 0 Å². The molecule has 0 spiro atoms. The van der Waals surface area contributed by atoms with Crippen molar-refractivity contribution in [3.8, 4) is 11.9 Å². The summed E-state index contributed by atoms with van der Waals surface area (Å²) in [4.78, 5) is 0. The summed E-state index contributed by atoms with van der Waals surface area (Å²) in [6, 6.07) is 2.21. The van der Waals surface area contributed by atoms with Crippen LogP contribution in [0, 0.1) is 24.2 Å². The molecule has 1 aliphatic heterocycles. The summed E-state index contributed by atoms with van der Waals surface area (Å²) in [5.74, 6) is 0.952. The molecule has 2 aliphatic rings. The van der Waals surface area contributed by atoms with E-state index in [2.05, 4.69) is 28.4 Å². The number of allylic oxidation sites excluding steroid dienone is 3. The first-order valence-electron chi connectivity index (χ1n) is 6.51. The van der Waals surface area contributed by atoms with Crippen LogP contribution in [0.15, 0.2) is 23.6 Å². The molecule has 5 heteroatoms. The zero-order valence-corrected chi connectivity index (χ0v) is 10.8. The molecule has 3 N–H and O–H groups in total. The Morgan fingerprint density at radius 1 is 1.58 bits per heavy atom. The Bertz CT molecular complexity index is 605. The van der Waals surface area contributed by atoms with Crippen LogP contribution in [0.4, 0.5) is 0 Å². The Balaban J connectivity index is 2.12. The van der Waals surface area contributed by atoms with Gasteiger partial charge in [-0.3, -0.25) is 5.10 Å². The van der Waals surface area contributed by atoms with Crippen molar-refractivity contribution in [2.45, 2.75) is 32.1 Å². The maximum atomic E-state index is 9.39. The lowest BCUT2D eigenvalue weighted by molar-refractivity contribution is 0.355. The number of aryl methyl sites for hydroxylation is 1. The fraction of sp³-hybridized carbons (Fsp3) is 0.429. The molecule has 0 fully saturated rings. The zero-order chi connectivity index (χ0) is 13.4. The van der Waals surface area contributed by atoms with Gasteiger partial charge in [-0.25, -0.2) is 0 Å². The summed E-state index contributed by atoms with van der Waals surface area (Å²) in [6.07, 6.45) is 7.69. The summed E-state index contributed by atoms with van der Waals surface area (Å²) < 4.78 is 5.45. The molecule has 1 aliphatic carbocycles. The molecular formula is C14H16N4O. The van der Waals surface area contributed by atoms with Crippen molar-refractivity contribution < 1.29 is 4.74 Å². The molecule has 0 unspecified atom stereocenters. The van der Waals surface area contributed by atoms with Crippen molar-refractivity contribution >= 4 is 0 Å². The number of nitrogens with two attached hydrogens (primary N) is 1. The van der Waals surface area contributed by atoms with Crippen LogP contribution in [-0.2, 0) is 0 Å². The zero-order valence-electron chi connectivity index (χ0n) is 10.8. The summed E-state index contributed by atoms with van der Waals surface area (Å²) >= 11 is 0. The van der Waals surface area contributed by atoms with Gasteiger partial charge in [-0.15, -0.1) is 5.10 Å². The molecule has 3 rings (SSSR count). The van der Waals surface area contributed by atoms with Gasteiger partial charge in [0.2, 0.25) is 11.8 Å². The summed E-state index contributed by atoms with van der Waals surface area (Å²) in [5.41, 5.74) is 8.31. The largest absolute Gasteiger partial charge is 0.420 e. The Kier molecular flexibility index (Phi) is 2.79. The fourth-order valence-electron chi connectivity index (χ4n) is 2.99. The van der Waals surface area contributed by atoms with E-state index in [1.54, 1.807) is 0 Å². The van der Waals surface area contributed by atoms with Crippen molar-refractivity contribution in [2.75, 3.05) is 0 Å². The average Bonchev–Trinajstić information content (AvgIpc) is 2.79. The maximum absolute atomic E-state index is 9.39. The molecule has 19 heavy (non-hydrogen) atoms. The highest BCUT2D eigenvalue weighted by Crippen LogP contribution is 2.45. The lowest BCUT2D eigenvalue weighted by Gasteiger charge is -2.30. The normalized spacial score (nSPS) is 25.7. The number of nitriles is 1. The molecule has 5 nitrogen and oxygen atoms in total. The van der Waals surface area contributed by atoms with Crippen molar-refractivity contribution in [2.24, 2.45) is 11.7 Å². The van der Waals surface area contributed by atoms with Crippen LogP contribution in [0.2, 0.25) is 0 Å². The van der Waals surface area contributed by atoms with Gasteiger partial charge in [-0.1, -0.05) is 12.2 Å². The highest BCUT2D eigenvalue weighted by Gasteiger charge is 2.37. The SMILES string of the molecule is Cc1[nH]nc2c1[C@@H]([C@@H]1C=CCCC1)C(C#N)=C(N)O2. The van der Waals surface area contributed by atoms with Crippen molar-refractivity contribution in [3.63, 3.8) is 0 Å². The van der Waals surface area contributed by atoms with Gasteiger partial charge in [-0.2, -0.15) is 5.26 Å². The second-order valence-electron chi connectivity index (χ2n) is 5.06. The highest BCUT2D eigenvalue weighted by atomic mass is 16.5. The topological polar surface area (TPSA) is 87.7 Å².